The molecule has 16 heavy (non-hydrogen) atoms. The molecule has 1 aromatic carbocycles. The van der Waals surface area contributed by atoms with E-state index in [0.717, 1.165) is 17.8 Å². The smallest absolute Gasteiger partial charge is 0.332 e. The highest BCUT2D eigenvalue weighted by Gasteiger charge is 2.17. The maximum absolute atomic E-state index is 11.2. The normalized spacial score (nSPS) is 20.0. The third kappa shape index (κ3) is 2.63. The molecule has 0 aliphatic carbocycles. The zero-order chi connectivity index (χ0) is 11.5. The van der Waals surface area contributed by atoms with Crippen LogP contribution in [-0.2, 0) is 9.53 Å². The molecule has 1 N–H and O–H groups in total. The van der Waals surface area contributed by atoms with E-state index < -0.39 is 0 Å². The van der Waals surface area contributed by atoms with Crippen LogP contribution in [0.15, 0.2) is 36.0 Å². The van der Waals surface area contributed by atoms with Crippen LogP contribution >= 0.6 is 0 Å². The van der Waals surface area contributed by atoms with E-state index in [1.54, 1.807) is 0 Å². The summed E-state index contributed by atoms with van der Waals surface area (Å²) in [6, 6.07) is 8.06. The summed E-state index contributed by atoms with van der Waals surface area (Å²) < 4.78 is 5.02. The van der Waals surface area contributed by atoms with Gasteiger partial charge in [0.15, 0.2) is 0 Å². The van der Waals surface area contributed by atoms with Gasteiger partial charge in [0.2, 0.25) is 0 Å². The predicted molar refractivity (Wildman–Crippen MR) is 63.1 cm³/mol. The minimum absolute atomic E-state index is 0.0511. The van der Waals surface area contributed by atoms with Gasteiger partial charge in [0.25, 0.3) is 0 Å². The first-order chi connectivity index (χ1) is 7.63. The van der Waals surface area contributed by atoms with Crippen molar-refractivity contribution in [3.63, 3.8) is 0 Å². The first-order valence-corrected chi connectivity index (χ1v) is 5.38. The zero-order valence-electron chi connectivity index (χ0n) is 9.49. The molecule has 0 bridgehead atoms. The second kappa shape index (κ2) is 4.39. The lowest BCUT2D eigenvalue weighted by Crippen LogP contribution is -2.22. The average Bonchev–Trinajstić information content (AvgIpc) is 2.15. The van der Waals surface area contributed by atoms with Crippen molar-refractivity contribution in [1.29, 1.82) is 0 Å². The SMILES string of the molecule is Cc1cccc(NC2=CC(=O)O[C@@H](C)C2)c1. The van der Waals surface area contributed by atoms with Gasteiger partial charge >= 0.3 is 5.97 Å². The molecule has 0 saturated carbocycles. The Kier molecular flexibility index (Phi) is 2.95. The van der Waals surface area contributed by atoms with Gasteiger partial charge in [-0.2, -0.15) is 0 Å². The molecule has 84 valence electrons. The Hall–Kier alpha value is -1.77. The largest absolute Gasteiger partial charge is 0.459 e. The molecule has 0 saturated heterocycles. The summed E-state index contributed by atoms with van der Waals surface area (Å²) in [5, 5.41) is 3.24. The van der Waals surface area contributed by atoms with Crippen LogP contribution in [0.25, 0.3) is 0 Å². The number of hydrogen-bond donors (Lipinski definition) is 1. The van der Waals surface area contributed by atoms with Crippen LogP contribution in [0.5, 0.6) is 0 Å². The van der Waals surface area contributed by atoms with E-state index in [1.165, 1.54) is 11.6 Å². The highest BCUT2D eigenvalue weighted by atomic mass is 16.5. The van der Waals surface area contributed by atoms with E-state index in [9.17, 15) is 4.79 Å². The van der Waals surface area contributed by atoms with Crippen molar-refractivity contribution >= 4 is 11.7 Å². The number of nitrogens with one attached hydrogen (secondary N) is 1. The number of cyclic esters (lactones) is 1. The maximum atomic E-state index is 11.2. The van der Waals surface area contributed by atoms with E-state index in [-0.39, 0.29) is 12.1 Å². The lowest BCUT2D eigenvalue weighted by molar-refractivity contribution is -0.143. The molecule has 1 atom stereocenters. The van der Waals surface area contributed by atoms with Gasteiger partial charge in [0.1, 0.15) is 6.10 Å². The molecule has 0 radical (unpaired) electrons. The van der Waals surface area contributed by atoms with Gasteiger partial charge in [-0.3, -0.25) is 0 Å². The lowest BCUT2D eigenvalue weighted by atomic mass is 10.1. The van der Waals surface area contributed by atoms with Crippen LogP contribution < -0.4 is 5.32 Å². The van der Waals surface area contributed by atoms with Crippen LogP contribution in [0.3, 0.4) is 0 Å². The summed E-state index contributed by atoms with van der Waals surface area (Å²) in [4.78, 5) is 11.2. The highest BCUT2D eigenvalue weighted by molar-refractivity contribution is 5.84. The second-order valence-corrected chi connectivity index (χ2v) is 4.12. The Balaban J connectivity index is 2.13. The monoisotopic (exact) mass is 217 g/mol. The van der Waals surface area contributed by atoms with E-state index in [1.807, 2.05) is 38.1 Å². The fraction of sp³-hybridized carbons (Fsp3) is 0.308. The Labute approximate surface area is 95.1 Å². The molecular formula is C13H15NO2. The number of esters is 1. The number of carbonyl (C=O) groups is 1. The van der Waals surface area contributed by atoms with Gasteiger partial charge in [0.05, 0.1) is 0 Å². The van der Waals surface area contributed by atoms with Gasteiger partial charge < -0.3 is 10.1 Å². The average molecular weight is 217 g/mol. The van der Waals surface area contributed by atoms with Crippen LogP contribution in [0.1, 0.15) is 18.9 Å². The van der Waals surface area contributed by atoms with Gasteiger partial charge in [0, 0.05) is 23.9 Å². The van der Waals surface area contributed by atoms with E-state index in [0.29, 0.717) is 0 Å². The molecule has 0 spiro atoms. The van der Waals surface area contributed by atoms with Crippen molar-refractivity contribution < 1.29 is 9.53 Å². The fourth-order valence-electron chi connectivity index (χ4n) is 1.78. The third-order valence-corrected chi connectivity index (χ3v) is 2.44. The molecule has 1 heterocycles. The molecule has 0 fully saturated rings. The standard InChI is InChI=1S/C13H15NO2/c1-9-4-3-5-11(6-9)14-12-7-10(2)16-13(15)8-12/h3-6,8,10,14H,7H2,1-2H3/t10-/m0/s1. The highest BCUT2D eigenvalue weighted by Crippen LogP contribution is 2.19. The Morgan fingerprint density at radius 2 is 2.25 bits per heavy atom. The minimum atomic E-state index is -0.270. The van der Waals surface area contributed by atoms with Gasteiger partial charge in [-0.1, -0.05) is 12.1 Å². The van der Waals surface area contributed by atoms with E-state index in [2.05, 4.69) is 5.32 Å². The Bertz CT molecular complexity index is 437. The van der Waals surface area contributed by atoms with Crippen molar-refractivity contribution in [2.24, 2.45) is 0 Å². The number of hydrogen-bond acceptors (Lipinski definition) is 3. The molecule has 1 aromatic rings. The van der Waals surface area contributed by atoms with Crippen molar-refractivity contribution in [1.82, 2.24) is 0 Å². The quantitative estimate of drug-likeness (QED) is 0.774. The summed E-state index contributed by atoms with van der Waals surface area (Å²) >= 11 is 0. The van der Waals surface area contributed by atoms with Crippen molar-refractivity contribution in [3.8, 4) is 0 Å². The molecule has 1 aliphatic rings. The topological polar surface area (TPSA) is 38.3 Å². The summed E-state index contributed by atoms with van der Waals surface area (Å²) in [6.45, 7) is 3.93. The van der Waals surface area contributed by atoms with Gasteiger partial charge in [-0.25, -0.2) is 4.79 Å². The molecule has 0 aromatic heterocycles. The maximum Gasteiger partial charge on any atom is 0.332 e. The van der Waals surface area contributed by atoms with Crippen molar-refractivity contribution in [2.75, 3.05) is 5.32 Å². The first-order valence-electron chi connectivity index (χ1n) is 5.38. The molecule has 1 aliphatic heterocycles. The summed E-state index contributed by atoms with van der Waals surface area (Å²) in [5.74, 6) is -0.270. The number of anilines is 1. The van der Waals surface area contributed by atoms with Crippen molar-refractivity contribution in [2.45, 2.75) is 26.4 Å². The van der Waals surface area contributed by atoms with E-state index in [4.69, 9.17) is 4.74 Å². The number of aryl methyl sites for hydroxylation is 1. The molecular weight excluding hydrogens is 202 g/mol. The fourth-order valence-corrected chi connectivity index (χ4v) is 1.78. The predicted octanol–water partition coefficient (Wildman–Crippen LogP) is 2.63. The minimum Gasteiger partial charge on any atom is -0.459 e. The lowest BCUT2D eigenvalue weighted by Gasteiger charge is -2.20. The van der Waals surface area contributed by atoms with Crippen molar-refractivity contribution in [3.05, 3.63) is 41.6 Å². The molecule has 3 nitrogen and oxygen atoms in total. The van der Waals surface area contributed by atoms with Crippen LogP contribution in [0, 0.1) is 6.92 Å². The number of carbonyl (C=O) groups excluding carboxylic acids is 1. The zero-order valence-corrected chi connectivity index (χ0v) is 9.49. The van der Waals surface area contributed by atoms with Crippen LogP contribution in [0.4, 0.5) is 5.69 Å². The summed E-state index contributed by atoms with van der Waals surface area (Å²) in [5.41, 5.74) is 3.11. The molecule has 3 heteroatoms. The van der Waals surface area contributed by atoms with Gasteiger partial charge in [-0.15, -0.1) is 0 Å². The van der Waals surface area contributed by atoms with E-state index >= 15 is 0 Å². The Morgan fingerprint density at radius 1 is 1.44 bits per heavy atom. The van der Waals surface area contributed by atoms with Crippen LogP contribution in [-0.4, -0.2) is 12.1 Å². The third-order valence-electron chi connectivity index (χ3n) is 2.44. The summed E-state index contributed by atoms with van der Waals surface area (Å²) in [6.07, 6.45) is 2.20. The molecule has 0 unspecified atom stereocenters. The van der Waals surface area contributed by atoms with Crippen LogP contribution in [0.2, 0.25) is 0 Å². The summed E-state index contributed by atoms with van der Waals surface area (Å²) in [7, 11) is 0. The first kappa shape index (κ1) is 10.7. The Morgan fingerprint density at radius 3 is 2.94 bits per heavy atom. The molecule has 2 rings (SSSR count). The number of benzene rings is 1. The van der Waals surface area contributed by atoms with Gasteiger partial charge in [-0.05, 0) is 31.5 Å². The number of ether oxygens (including phenoxy) is 1. The second-order valence-electron chi connectivity index (χ2n) is 4.12. The number of rotatable bonds is 2. The molecule has 0 amide bonds.